The van der Waals surface area contributed by atoms with Gasteiger partial charge in [-0.05, 0) is 31.2 Å². The minimum Gasteiger partial charge on any atom is -0.385 e. The SMILES string of the molecule is COCCCn1c(SCC(=O)Nc2sc3c(c2C#N)CCC3)n[nH]c1=O. The van der Waals surface area contributed by atoms with Crippen molar-refractivity contribution in [3.05, 3.63) is 26.5 Å². The fourth-order valence-electron chi connectivity index (χ4n) is 2.88. The molecule has 0 atom stereocenters. The number of fused-ring (bicyclic) bond motifs is 1. The second-order valence-electron chi connectivity index (χ2n) is 5.82. The Hall–Kier alpha value is -2.09. The van der Waals surface area contributed by atoms with Gasteiger partial charge >= 0.3 is 5.69 Å². The Bertz CT molecular complexity index is 893. The number of nitriles is 1. The number of thioether (sulfide) groups is 1. The molecule has 0 spiro atoms. The van der Waals surface area contributed by atoms with Crippen molar-refractivity contribution >= 4 is 34.0 Å². The number of ether oxygens (including phenoxy) is 1. The van der Waals surface area contributed by atoms with E-state index in [1.807, 2.05) is 0 Å². The maximum atomic E-state index is 12.3. The van der Waals surface area contributed by atoms with Crippen LogP contribution in [0.4, 0.5) is 5.00 Å². The van der Waals surface area contributed by atoms with Gasteiger partial charge in [-0.3, -0.25) is 9.36 Å². The zero-order valence-corrected chi connectivity index (χ0v) is 16.0. The summed E-state index contributed by atoms with van der Waals surface area (Å²) in [6, 6.07) is 2.21. The Kier molecular flexibility index (Phi) is 6.13. The molecule has 1 aliphatic rings. The lowest BCUT2D eigenvalue weighted by atomic mass is 10.1. The van der Waals surface area contributed by atoms with Gasteiger partial charge in [-0.15, -0.1) is 16.4 Å². The van der Waals surface area contributed by atoms with Crippen molar-refractivity contribution in [1.29, 1.82) is 5.26 Å². The van der Waals surface area contributed by atoms with Crippen LogP contribution in [0.1, 0.15) is 28.8 Å². The summed E-state index contributed by atoms with van der Waals surface area (Å²) in [6.45, 7) is 1.02. The highest BCUT2D eigenvalue weighted by Crippen LogP contribution is 2.38. The number of carbonyl (C=O) groups excluding carboxylic acids is 1. The first-order chi connectivity index (χ1) is 12.6. The highest BCUT2D eigenvalue weighted by atomic mass is 32.2. The third-order valence-corrected chi connectivity index (χ3v) is 6.26. The number of carbonyl (C=O) groups is 1. The van der Waals surface area contributed by atoms with Gasteiger partial charge in [0.15, 0.2) is 5.16 Å². The summed E-state index contributed by atoms with van der Waals surface area (Å²) in [4.78, 5) is 25.3. The molecule has 2 aromatic rings. The lowest BCUT2D eigenvalue weighted by Crippen LogP contribution is -2.19. The van der Waals surface area contributed by atoms with Crippen LogP contribution in [0.3, 0.4) is 0 Å². The number of anilines is 1. The molecule has 10 heteroatoms. The van der Waals surface area contributed by atoms with Crippen LogP contribution in [-0.2, 0) is 28.9 Å². The van der Waals surface area contributed by atoms with Gasteiger partial charge in [-0.1, -0.05) is 11.8 Å². The summed E-state index contributed by atoms with van der Waals surface area (Å²) in [6.07, 6.45) is 3.63. The summed E-state index contributed by atoms with van der Waals surface area (Å²) in [5, 5.41) is 19.7. The smallest absolute Gasteiger partial charge is 0.343 e. The van der Waals surface area contributed by atoms with E-state index < -0.39 is 0 Å². The molecule has 26 heavy (non-hydrogen) atoms. The molecular weight excluding hydrogens is 374 g/mol. The third kappa shape index (κ3) is 4.00. The van der Waals surface area contributed by atoms with E-state index in [0.717, 1.165) is 24.8 Å². The lowest BCUT2D eigenvalue weighted by molar-refractivity contribution is -0.113. The van der Waals surface area contributed by atoms with Crippen LogP contribution in [0.15, 0.2) is 9.95 Å². The summed E-state index contributed by atoms with van der Waals surface area (Å²) in [5.74, 6) is -0.104. The van der Waals surface area contributed by atoms with Crippen LogP contribution >= 0.6 is 23.1 Å². The van der Waals surface area contributed by atoms with Crippen molar-refractivity contribution < 1.29 is 9.53 Å². The number of H-pyrrole nitrogens is 1. The van der Waals surface area contributed by atoms with Gasteiger partial charge in [0.25, 0.3) is 0 Å². The first-order valence-corrected chi connectivity index (χ1v) is 10.1. The van der Waals surface area contributed by atoms with Gasteiger partial charge in [-0.25, -0.2) is 9.89 Å². The average molecular weight is 393 g/mol. The van der Waals surface area contributed by atoms with Crippen molar-refractivity contribution in [2.24, 2.45) is 0 Å². The van der Waals surface area contributed by atoms with Gasteiger partial charge in [-0.2, -0.15) is 5.26 Å². The molecule has 2 N–H and O–H groups in total. The molecule has 1 aliphatic carbocycles. The van der Waals surface area contributed by atoms with E-state index in [1.54, 1.807) is 7.11 Å². The number of methoxy groups -OCH3 is 1. The molecule has 8 nitrogen and oxygen atoms in total. The molecule has 3 rings (SSSR count). The van der Waals surface area contributed by atoms with E-state index in [0.29, 0.717) is 35.3 Å². The minimum atomic E-state index is -0.301. The van der Waals surface area contributed by atoms with Crippen LogP contribution in [0.2, 0.25) is 0 Å². The molecule has 0 saturated heterocycles. The summed E-state index contributed by atoms with van der Waals surface area (Å²) in [5.41, 5.74) is 1.38. The molecule has 138 valence electrons. The predicted molar refractivity (Wildman–Crippen MR) is 99.8 cm³/mol. The molecule has 0 radical (unpaired) electrons. The van der Waals surface area contributed by atoms with Crippen molar-refractivity contribution in [2.75, 3.05) is 24.8 Å². The number of hydrogen-bond donors (Lipinski definition) is 2. The second-order valence-corrected chi connectivity index (χ2v) is 7.87. The molecule has 0 saturated carbocycles. The zero-order chi connectivity index (χ0) is 18.5. The number of hydrogen-bond acceptors (Lipinski definition) is 7. The van der Waals surface area contributed by atoms with Crippen molar-refractivity contribution in [3.63, 3.8) is 0 Å². The van der Waals surface area contributed by atoms with E-state index >= 15 is 0 Å². The Balaban J connectivity index is 1.60. The van der Waals surface area contributed by atoms with Gasteiger partial charge in [0.1, 0.15) is 11.1 Å². The molecule has 0 aliphatic heterocycles. The number of nitrogens with one attached hydrogen (secondary N) is 2. The Labute approximate surface area is 158 Å². The van der Waals surface area contributed by atoms with Crippen LogP contribution in [0, 0.1) is 11.3 Å². The predicted octanol–water partition coefficient (Wildman–Crippen LogP) is 1.76. The Morgan fingerprint density at radius 1 is 1.54 bits per heavy atom. The molecule has 2 heterocycles. The van der Waals surface area contributed by atoms with E-state index in [9.17, 15) is 14.9 Å². The highest BCUT2D eigenvalue weighted by Gasteiger charge is 2.23. The summed E-state index contributed by atoms with van der Waals surface area (Å²) >= 11 is 2.68. The third-order valence-electron chi connectivity index (χ3n) is 4.07. The maximum absolute atomic E-state index is 12.3. The van der Waals surface area contributed by atoms with Gasteiger partial charge in [0.2, 0.25) is 5.91 Å². The topological polar surface area (TPSA) is 113 Å². The fourth-order valence-corrected chi connectivity index (χ4v) is 4.91. The first-order valence-electron chi connectivity index (χ1n) is 8.25. The quantitative estimate of drug-likeness (QED) is 0.522. The Morgan fingerprint density at radius 2 is 2.38 bits per heavy atom. The van der Waals surface area contributed by atoms with Crippen molar-refractivity contribution in [3.8, 4) is 6.07 Å². The first kappa shape index (κ1) is 18.7. The number of nitrogens with zero attached hydrogens (tertiary/aromatic N) is 3. The molecule has 2 aromatic heterocycles. The Morgan fingerprint density at radius 3 is 3.15 bits per heavy atom. The summed E-state index contributed by atoms with van der Waals surface area (Å²) in [7, 11) is 1.61. The molecular formula is C16H19N5O3S2. The normalized spacial score (nSPS) is 12.8. The average Bonchev–Trinajstić information content (AvgIpc) is 3.29. The lowest BCUT2D eigenvalue weighted by Gasteiger charge is -2.06. The minimum absolute atomic E-state index is 0.113. The highest BCUT2D eigenvalue weighted by molar-refractivity contribution is 7.99. The van der Waals surface area contributed by atoms with Gasteiger partial charge in [0, 0.05) is 25.1 Å². The zero-order valence-electron chi connectivity index (χ0n) is 14.3. The van der Waals surface area contributed by atoms with Gasteiger partial charge < -0.3 is 10.1 Å². The van der Waals surface area contributed by atoms with E-state index in [-0.39, 0.29) is 17.3 Å². The number of aromatic amines is 1. The van der Waals surface area contributed by atoms with Gasteiger partial charge in [0.05, 0.1) is 11.3 Å². The number of aryl methyl sites for hydroxylation is 1. The fraction of sp³-hybridized carbons (Fsp3) is 0.500. The molecule has 0 unspecified atom stereocenters. The number of amides is 1. The largest absolute Gasteiger partial charge is 0.385 e. The monoisotopic (exact) mass is 393 g/mol. The van der Waals surface area contributed by atoms with Crippen LogP contribution in [0.5, 0.6) is 0 Å². The number of aromatic nitrogens is 3. The molecule has 1 amide bonds. The van der Waals surface area contributed by atoms with Crippen molar-refractivity contribution in [1.82, 2.24) is 14.8 Å². The van der Waals surface area contributed by atoms with Crippen LogP contribution in [0.25, 0.3) is 0 Å². The molecule has 0 fully saturated rings. The summed E-state index contributed by atoms with van der Waals surface area (Å²) < 4.78 is 6.49. The second kappa shape index (κ2) is 8.53. The van der Waals surface area contributed by atoms with E-state index in [4.69, 9.17) is 4.74 Å². The standard InChI is InChI=1S/C16H19N5O3S2/c1-24-7-3-6-21-15(23)19-20-16(21)25-9-13(22)18-14-11(8-17)10-4-2-5-12(10)26-14/h2-7,9H2,1H3,(H,18,22)(H,19,23). The van der Waals surface area contributed by atoms with E-state index in [2.05, 4.69) is 21.6 Å². The van der Waals surface area contributed by atoms with Crippen LogP contribution in [-0.4, -0.2) is 40.1 Å². The van der Waals surface area contributed by atoms with E-state index in [1.165, 1.54) is 32.5 Å². The van der Waals surface area contributed by atoms with Crippen molar-refractivity contribution in [2.45, 2.75) is 37.4 Å². The van der Waals surface area contributed by atoms with Crippen LogP contribution < -0.4 is 11.0 Å². The maximum Gasteiger partial charge on any atom is 0.343 e. The number of rotatable bonds is 8. The number of thiophene rings is 1. The molecule has 0 aromatic carbocycles. The molecule has 0 bridgehead atoms.